The highest BCUT2D eigenvalue weighted by atomic mass is 32.2. The van der Waals surface area contributed by atoms with Crippen LogP contribution in [0.15, 0.2) is 83.9 Å². The Morgan fingerprint density at radius 2 is 1.92 bits per heavy atom. The number of ether oxygens (including phenoxy) is 1. The molecular weight excluding hydrogens is 514 g/mol. The Kier molecular flexibility index (Phi) is 7.19. The zero-order valence-electron chi connectivity index (χ0n) is 21.3. The van der Waals surface area contributed by atoms with Crippen molar-refractivity contribution in [1.82, 2.24) is 14.2 Å². The van der Waals surface area contributed by atoms with Crippen LogP contribution in [-0.2, 0) is 27.9 Å². The van der Waals surface area contributed by atoms with Crippen molar-refractivity contribution in [3.05, 3.63) is 95.8 Å². The average molecular weight is 542 g/mol. The summed E-state index contributed by atoms with van der Waals surface area (Å²) < 4.78 is 34.8. The number of fused-ring (bicyclic) bond motifs is 1. The Bertz CT molecular complexity index is 1690. The summed E-state index contributed by atoms with van der Waals surface area (Å²) in [5.74, 6) is 0.294. The first-order valence-corrected chi connectivity index (χ1v) is 13.8. The minimum Gasteiger partial charge on any atom is -0.497 e. The number of likely N-dealkylation sites (tertiary alicyclic amines) is 1. The number of pyridine rings is 1. The standard InChI is InChI=1S/C29H27N5O4S/c1-38-25-8-6-21-7-9-26(16-22(21)15-25)39(36,37)34(19-24-4-2-3-12-32-24)28-11-13-33(29(28)35)18-23-14-20(17-30)5-10-27(23)31/h2-10,12,14-16,28H,11,13,18-19,31H2,1H3. The Morgan fingerprint density at radius 1 is 1.10 bits per heavy atom. The van der Waals surface area contributed by atoms with Gasteiger partial charge in [0.1, 0.15) is 11.8 Å². The van der Waals surface area contributed by atoms with E-state index in [4.69, 9.17) is 10.5 Å². The van der Waals surface area contributed by atoms with Crippen LogP contribution in [0.4, 0.5) is 5.69 Å². The predicted octanol–water partition coefficient (Wildman–Crippen LogP) is 3.69. The van der Waals surface area contributed by atoms with Crippen molar-refractivity contribution in [2.45, 2.75) is 30.4 Å². The molecule has 2 heterocycles. The third kappa shape index (κ3) is 5.27. The molecule has 1 aliphatic heterocycles. The van der Waals surface area contributed by atoms with E-state index < -0.39 is 16.1 Å². The van der Waals surface area contributed by atoms with Gasteiger partial charge in [0.2, 0.25) is 15.9 Å². The monoisotopic (exact) mass is 541 g/mol. The summed E-state index contributed by atoms with van der Waals surface area (Å²) in [5.41, 5.74) is 8.18. The lowest BCUT2D eigenvalue weighted by atomic mass is 10.1. The quantitative estimate of drug-likeness (QED) is 0.337. The second kappa shape index (κ2) is 10.7. The molecule has 9 nitrogen and oxygen atoms in total. The topological polar surface area (TPSA) is 130 Å². The highest BCUT2D eigenvalue weighted by molar-refractivity contribution is 7.89. The number of nitrogens with zero attached hydrogens (tertiary/aromatic N) is 4. The smallest absolute Gasteiger partial charge is 0.244 e. The van der Waals surface area contributed by atoms with Gasteiger partial charge in [0.05, 0.1) is 35.9 Å². The summed E-state index contributed by atoms with van der Waals surface area (Å²) in [6.07, 6.45) is 1.90. The molecule has 0 radical (unpaired) electrons. The molecule has 1 amide bonds. The van der Waals surface area contributed by atoms with E-state index in [9.17, 15) is 18.5 Å². The molecule has 4 aromatic rings. The summed E-state index contributed by atoms with van der Waals surface area (Å²) >= 11 is 0. The maximum atomic E-state index is 14.1. The lowest BCUT2D eigenvalue weighted by Gasteiger charge is -2.27. The van der Waals surface area contributed by atoms with Crippen molar-refractivity contribution in [3.8, 4) is 11.8 Å². The molecular formula is C29H27N5O4S. The molecule has 1 atom stereocenters. The van der Waals surface area contributed by atoms with Gasteiger partial charge in [-0.25, -0.2) is 8.42 Å². The number of nitrogens with two attached hydrogens (primary N) is 1. The molecule has 0 bridgehead atoms. The number of nitriles is 1. The van der Waals surface area contributed by atoms with Gasteiger partial charge in [-0.1, -0.05) is 18.2 Å². The number of amides is 1. The third-order valence-electron chi connectivity index (χ3n) is 6.92. The molecule has 0 spiro atoms. The van der Waals surface area contributed by atoms with Crippen LogP contribution in [0.2, 0.25) is 0 Å². The van der Waals surface area contributed by atoms with Crippen LogP contribution < -0.4 is 10.5 Å². The molecule has 3 aromatic carbocycles. The fraction of sp³-hybridized carbons (Fsp3) is 0.207. The molecule has 1 fully saturated rings. The largest absolute Gasteiger partial charge is 0.497 e. The number of benzene rings is 3. The van der Waals surface area contributed by atoms with E-state index >= 15 is 0 Å². The Hall–Kier alpha value is -4.46. The van der Waals surface area contributed by atoms with E-state index in [0.29, 0.717) is 46.6 Å². The van der Waals surface area contributed by atoms with E-state index in [0.717, 1.165) is 5.39 Å². The van der Waals surface area contributed by atoms with Crippen LogP contribution >= 0.6 is 0 Å². The summed E-state index contributed by atoms with van der Waals surface area (Å²) in [6.45, 7) is 0.475. The number of carbonyl (C=O) groups is 1. The summed E-state index contributed by atoms with van der Waals surface area (Å²) in [4.78, 5) is 19.6. The summed E-state index contributed by atoms with van der Waals surface area (Å²) in [6, 6.07) is 21.7. The fourth-order valence-corrected chi connectivity index (χ4v) is 6.42. The molecule has 39 heavy (non-hydrogen) atoms. The van der Waals surface area contributed by atoms with Crippen LogP contribution in [0, 0.1) is 11.3 Å². The molecule has 2 N–H and O–H groups in total. The number of methoxy groups -OCH3 is 1. The number of sulfonamides is 1. The van der Waals surface area contributed by atoms with Gasteiger partial charge in [0.15, 0.2) is 0 Å². The van der Waals surface area contributed by atoms with Gasteiger partial charge in [-0.2, -0.15) is 9.57 Å². The van der Waals surface area contributed by atoms with Crippen LogP contribution in [-0.4, -0.2) is 48.2 Å². The van der Waals surface area contributed by atoms with Crippen molar-refractivity contribution in [3.63, 3.8) is 0 Å². The zero-order chi connectivity index (χ0) is 27.6. The number of rotatable bonds is 8. The van der Waals surface area contributed by atoms with Gasteiger partial charge in [-0.05, 0) is 77.4 Å². The number of nitrogen functional groups attached to an aromatic ring is 1. The SMILES string of the molecule is COc1ccc2ccc(S(=O)(=O)N(Cc3ccccn3)C3CCN(Cc4cc(C#N)ccc4N)C3=O)cc2c1. The Labute approximate surface area is 227 Å². The zero-order valence-corrected chi connectivity index (χ0v) is 22.1. The number of carbonyl (C=O) groups excluding carboxylic acids is 1. The number of hydrogen-bond donors (Lipinski definition) is 1. The Balaban J connectivity index is 1.50. The number of hydrogen-bond acceptors (Lipinski definition) is 7. The van der Waals surface area contributed by atoms with Gasteiger partial charge in [0.25, 0.3) is 0 Å². The molecule has 1 aliphatic rings. The van der Waals surface area contributed by atoms with Gasteiger partial charge in [0, 0.05) is 25.0 Å². The minimum atomic E-state index is -4.10. The van der Waals surface area contributed by atoms with Crippen LogP contribution in [0.5, 0.6) is 5.75 Å². The first-order chi connectivity index (χ1) is 18.8. The minimum absolute atomic E-state index is 0.0599. The summed E-state index contributed by atoms with van der Waals surface area (Å²) in [5, 5.41) is 10.8. The molecule has 1 aromatic heterocycles. The third-order valence-corrected chi connectivity index (χ3v) is 8.77. The summed E-state index contributed by atoms with van der Waals surface area (Å²) in [7, 11) is -2.55. The highest BCUT2D eigenvalue weighted by Gasteiger charge is 2.42. The molecule has 1 saturated heterocycles. The van der Waals surface area contributed by atoms with Gasteiger partial charge >= 0.3 is 0 Å². The van der Waals surface area contributed by atoms with Crippen molar-refractivity contribution < 1.29 is 17.9 Å². The molecule has 10 heteroatoms. The maximum absolute atomic E-state index is 14.1. The van der Waals surface area contributed by atoms with E-state index in [1.165, 1.54) is 4.31 Å². The van der Waals surface area contributed by atoms with E-state index in [1.807, 2.05) is 12.1 Å². The maximum Gasteiger partial charge on any atom is 0.244 e. The normalized spacial score (nSPS) is 15.6. The molecule has 1 unspecified atom stereocenters. The predicted molar refractivity (Wildman–Crippen MR) is 147 cm³/mol. The molecule has 5 rings (SSSR count). The second-order valence-electron chi connectivity index (χ2n) is 9.34. The van der Waals surface area contributed by atoms with Crippen LogP contribution in [0.1, 0.15) is 23.2 Å². The van der Waals surface area contributed by atoms with Crippen LogP contribution in [0.25, 0.3) is 10.8 Å². The number of anilines is 1. The van der Waals surface area contributed by atoms with Gasteiger partial charge in [-0.3, -0.25) is 9.78 Å². The second-order valence-corrected chi connectivity index (χ2v) is 11.2. The van der Waals surface area contributed by atoms with Crippen molar-refractivity contribution >= 4 is 32.4 Å². The average Bonchev–Trinajstić information content (AvgIpc) is 3.31. The number of aromatic nitrogens is 1. The Morgan fingerprint density at radius 3 is 2.67 bits per heavy atom. The van der Waals surface area contributed by atoms with Crippen LogP contribution in [0.3, 0.4) is 0 Å². The van der Waals surface area contributed by atoms with E-state index in [-0.39, 0.29) is 23.9 Å². The fourth-order valence-electron chi connectivity index (χ4n) is 4.80. The van der Waals surface area contributed by atoms with Gasteiger partial charge < -0.3 is 15.4 Å². The first kappa shape index (κ1) is 26.2. The molecule has 0 aliphatic carbocycles. The highest BCUT2D eigenvalue weighted by Crippen LogP contribution is 2.31. The van der Waals surface area contributed by atoms with Crippen molar-refractivity contribution in [2.24, 2.45) is 0 Å². The van der Waals surface area contributed by atoms with Gasteiger partial charge in [-0.15, -0.1) is 0 Å². The molecule has 198 valence electrons. The first-order valence-electron chi connectivity index (χ1n) is 12.4. The van der Waals surface area contributed by atoms with E-state index in [1.54, 1.807) is 78.9 Å². The lowest BCUT2D eigenvalue weighted by molar-refractivity contribution is -0.131. The van der Waals surface area contributed by atoms with Crippen molar-refractivity contribution in [2.75, 3.05) is 19.4 Å². The van der Waals surface area contributed by atoms with E-state index in [2.05, 4.69) is 11.1 Å². The van der Waals surface area contributed by atoms with Crippen molar-refractivity contribution in [1.29, 1.82) is 5.26 Å². The molecule has 0 saturated carbocycles. The lowest BCUT2D eigenvalue weighted by Crippen LogP contribution is -2.44.